The number of allylic oxidation sites excluding steroid dienone is 12. The Balaban J connectivity index is 1.58. The van der Waals surface area contributed by atoms with Gasteiger partial charge in [0.05, 0.1) is 86.0 Å². The van der Waals surface area contributed by atoms with Crippen LogP contribution in [-0.4, -0.2) is 178 Å². The summed E-state index contributed by atoms with van der Waals surface area (Å²) in [7, 11) is 0. The van der Waals surface area contributed by atoms with Gasteiger partial charge >= 0.3 is 11.9 Å². The number of aliphatic imine (C=N–C) groups is 1. The third-order valence-electron chi connectivity index (χ3n) is 13.0. The van der Waals surface area contributed by atoms with Crippen molar-refractivity contribution in [3.8, 4) is 0 Å². The van der Waals surface area contributed by atoms with Gasteiger partial charge in [0.2, 0.25) is 0 Å². The van der Waals surface area contributed by atoms with Crippen LogP contribution in [0.4, 0.5) is 0 Å². The summed E-state index contributed by atoms with van der Waals surface area (Å²) in [5, 5.41) is 120. The number of ether oxygens (including phenoxy) is 4. The van der Waals surface area contributed by atoms with Crippen LogP contribution in [0.3, 0.4) is 0 Å². The van der Waals surface area contributed by atoms with Crippen LogP contribution in [0.5, 0.6) is 0 Å². The summed E-state index contributed by atoms with van der Waals surface area (Å²) in [5.41, 5.74) is 0. The molecule has 19 nitrogen and oxygen atoms in total. The summed E-state index contributed by atoms with van der Waals surface area (Å²) >= 11 is 0. The highest BCUT2D eigenvalue weighted by Crippen LogP contribution is 2.34. The molecule has 0 spiro atoms. The second kappa shape index (κ2) is 29.9. The molecule has 11 N–H and O–H groups in total. The van der Waals surface area contributed by atoms with Crippen molar-refractivity contribution in [1.29, 1.82) is 0 Å². The van der Waals surface area contributed by atoms with E-state index in [0.717, 1.165) is 0 Å². The van der Waals surface area contributed by atoms with E-state index in [2.05, 4.69) is 4.99 Å². The number of carbonyl (C=O) groups excluding carboxylic acids is 1. The number of furan rings is 1. The number of aliphatic carboxylic acids is 1. The lowest BCUT2D eigenvalue weighted by atomic mass is 9.83. The molecule has 19 heteroatoms. The van der Waals surface area contributed by atoms with Crippen LogP contribution in [0.1, 0.15) is 78.4 Å². The van der Waals surface area contributed by atoms with E-state index in [-0.39, 0.29) is 31.6 Å². The molecule has 0 aromatic carbocycles. The monoisotopic (exact) mass is 1000 g/mol. The Morgan fingerprint density at radius 1 is 0.634 bits per heavy atom. The lowest BCUT2D eigenvalue weighted by molar-refractivity contribution is -0.279. The molecule has 2 fully saturated rings. The zero-order chi connectivity index (χ0) is 52.2. The third kappa shape index (κ3) is 19.2. The van der Waals surface area contributed by atoms with E-state index in [1.807, 2.05) is 25.2 Å². The second-order valence-corrected chi connectivity index (χ2v) is 18.6. The first-order valence-corrected chi connectivity index (χ1v) is 24.2. The molecule has 0 aliphatic carbocycles. The lowest BCUT2D eigenvalue weighted by Crippen LogP contribution is -2.58. The number of hydrogen-bond acceptors (Lipinski definition) is 18. The molecule has 3 aliphatic rings. The van der Waals surface area contributed by atoms with Gasteiger partial charge < -0.3 is 79.5 Å². The highest BCUT2D eigenvalue weighted by atomic mass is 16.7. The minimum atomic E-state index is -1.81. The predicted molar refractivity (Wildman–Crippen MR) is 259 cm³/mol. The van der Waals surface area contributed by atoms with Gasteiger partial charge in [-0.3, -0.25) is 14.6 Å². The number of aliphatic hydroxyl groups excluding tert-OH is 10. The summed E-state index contributed by atoms with van der Waals surface area (Å²) < 4.78 is 29.0. The zero-order valence-electron chi connectivity index (χ0n) is 40.6. The normalized spacial score (nSPS) is 42.8. The quantitative estimate of drug-likeness (QED) is 0.149. The van der Waals surface area contributed by atoms with Crippen LogP contribution in [-0.2, 0) is 28.5 Å². The van der Waals surface area contributed by atoms with E-state index < -0.39 is 147 Å². The van der Waals surface area contributed by atoms with Crippen molar-refractivity contribution in [2.45, 2.75) is 177 Å². The maximum Gasteiger partial charge on any atom is 0.311 e. The summed E-state index contributed by atoms with van der Waals surface area (Å²) in [4.78, 5) is 29.6. The Morgan fingerprint density at radius 3 is 1.86 bits per heavy atom. The van der Waals surface area contributed by atoms with E-state index in [1.165, 1.54) is 12.5 Å². The van der Waals surface area contributed by atoms with Crippen LogP contribution >= 0.6 is 0 Å². The molecule has 0 saturated carbocycles. The molecule has 1 aromatic rings. The molecule has 0 radical (unpaired) electrons. The third-order valence-corrected chi connectivity index (χ3v) is 13.0. The number of rotatable bonds is 5. The van der Waals surface area contributed by atoms with Crippen LogP contribution < -0.4 is 0 Å². The van der Waals surface area contributed by atoms with Gasteiger partial charge in [0.25, 0.3) is 0 Å². The molecule has 4 rings (SSSR count). The van der Waals surface area contributed by atoms with Crippen molar-refractivity contribution in [3.63, 3.8) is 0 Å². The van der Waals surface area contributed by atoms with Crippen molar-refractivity contribution in [3.05, 3.63) is 109 Å². The van der Waals surface area contributed by atoms with Gasteiger partial charge in [-0.1, -0.05) is 98.9 Å². The largest absolute Gasteiger partial charge is 0.481 e. The molecule has 4 heterocycles. The SMILES string of the molecule is C[C@@H]1[C@H](O)[C@@H](C)/C=C/C=C/C=C/C=C/C=C/C=C/C=C/[C@H](O[C@H]2O[C@H](C)[C@@H](O)[C@H](N=Cc3ccco3)[C@@H]2O)C[C@@H]2OC(C[C@H](O)[C@H]2C(=O)O)[C@H](O)[C@@H](O)C[C@@H](O)[C@H](O)CC[C@@H](O)C[C@@H](O)CC(=O)O[C@H]1C. The fraction of sp³-hybridized carbons (Fsp3) is 0.596. The molecule has 2 bridgehead atoms. The number of aliphatic hydroxyl groups is 10. The van der Waals surface area contributed by atoms with Crippen molar-refractivity contribution in [2.24, 2.45) is 22.7 Å². The number of carboxylic acid groups (broad SMARTS) is 1. The highest BCUT2D eigenvalue weighted by Gasteiger charge is 2.48. The van der Waals surface area contributed by atoms with Gasteiger partial charge in [0.15, 0.2) is 6.29 Å². The highest BCUT2D eigenvalue weighted by molar-refractivity contribution is 5.76. The second-order valence-electron chi connectivity index (χ2n) is 18.6. The summed E-state index contributed by atoms with van der Waals surface area (Å²) in [6, 6.07) is 2.14. The van der Waals surface area contributed by atoms with Gasteiger partial charge in [0.1, 0.15) is 42.1 Å². The van der Waals surface area contributed by atoms with Crippen LogP contribution in [0.2, 0.25) is 0 Å². The Kier molecular flexibility index (Phi) is 24.9. The maximum atomic E-state index is 12.7. The van der Waals surface area contributed by atoms with Crippen molar-refractivity contribution in [2.75, 3.05) is 0 Å². The van der Waals surface area contributed by atoms with E-state index >= 15 is 0 Å². The minimum Gasteiger partial charge on any atom is -0.481 e. The van der Waals surface area contributed by atoms with Crippen molar-refractivity contribution >= 4 is 18.2 Å². The number of hydrogen-bond donors (Lipinski definition) is 11. The summed E-state index contributed by atoms with van der Waals surface area (Å²) in [6.45, 7) is 6.77. The number of carboxylic acids is 1. The standard InChI is InChI=1S/C52H75NO18/c1-30-18-15-13-11-9-7-5-6-8-10-12-14-16-19-36(70-52-50(64)46(48(62)33(4)69-52)53-29-37-20-17-23-67-37)26-42-45(51(65)66)40(58)28-43(71-42)49(63)41(59)27-39(57)38(56)22-21-34(54)24-35(55)25-44(60)68-32(3)31(2)47(30)61/h5-20,23,29-36,38-43,45-50,52,54-59,61-64H,21-22,24-28H2,1-4H3,(H,65,66)/b6-5+,9-7+,10-8+,13-11+,14-12+,18-15+,19-16+,53-29?/t30-,31-,32-,33+,34+,35+,36-,38+,39+,40-,41-,42-,43?,45+,46-,47+,48+,49+,50-,52+/m0/s1. The predicted octanol–water partition coefficient (Wildman–Crippen LogP) is 2.12. The molecule has 396 valence electrons. The number of carbonyl (C=O) groups is 2. The molecule has 3 aliphatic heterocycles. The average Bonchev–Trinajstić information content (AvgIpc) is 3.84. The van der Waals surface area contributed by atoms with Gasteiger partial charge in [-0.25, -0.2) is 0 Å². The Bertz CT molecular complexity index is 1980. The van der Waals surface area contributed by atoms with Gasteiger partial charge in [-0.2, -0.15) is 0 Å². The molecular weight excluding hydrogens is 927 g/mol. The molecule has 71 heavy (non-hydrogen) atoms. The Labute approximate surface area is 414 Å². The first-order chi connectivity index (χ1) is 33.8. The van der Waals surface area contributed by atoms with Gasteiger partial charge in [-0.05, 0) is 45.2 Å². The van der Waals surface area contributed by atoms with E-state index in [0.29, 0.717) is 5.76 Å². The summed E-state index contributed by atoms with van der Waals surface area (Å²) in [6.07, 6.45) is 3.49. The van der Waals surface area contributed by atoms with Crippen molar-refractivity contribution in [1.82, 2.24) is 0 Å². The lowest BCUT2D eigenvalue weighted by Gasteiger charge is -2.43. The number of fused-ring (bicyclic) bond motifs is 2. The fourth-order valence-electron chi connectivity index (χ4n) is 8.51. The summed E-state index contributed by atoms with van der Waals surface area (Å²) in [5.74, 6) is -4.10. The van der Waals surface area contributed by atoms with Gasteiger partial charge in [-0.15, -0.1) is 0 Å². The van der Waals surface area contributed by atoms with Crippen LogP contribution in [0, 0.1) is 17.8 Å². The van der Waals surface area contributed by atoms with Crippen molar-refractivity contribution < 1.29 is 89.1 Å². The topological polar surface area (TPSA) is 319 Å². The molecule has 1 aromatic heterocycles. The molecule has 1 unspecified atom stereocenters. The molecule has 0 amide bonds. The Morgan fingerprint density at radius 2 is 1.25 bits per heavy atom. The molecule has 20 atom stereocenters. The average molecular weight is 1000 g/mol. The molecule has 2 saturated heterocycles. The number of cyclic esters (lactones) is 1. The van der Waals surface area contributed by atoms with Crippen LogP contribution in [0.25, 0.3) is 0 Å². The van der Waals surface area contributed by atoms with Crippen LogP contribution in [0.15, 0.2) is 113 Å². The zero-order valence-corrected chi connectivity index (χ0v) is 40.6. The number of nitrogens with zero attached hydrogens (tertiary/aromatic N) is 1. The Hall–Kier alpha value is -4.45. The maximum absolute atomic E-state index is 12.7. The minimum absolute atomic E-state index is 0.127. The van der Waals surface area contributed by atoms with E-state index in [9.17, 15) is 65.8 Å². The first-order valence-electron chi connectivity index (χ1n) is 24.2. The van der Waals surface area contributed by atoms with E-state index in [4.69, 9.17) is 23.4 Å². The molecular formula is C52H75NO18. The first kappa shape index (κ1) is 59.1. The number of esters is 1. The smallest absolute Gasteiger partial charge is 0.311 e. The van der Waals surface area contributed by atoms with E-state index in [1.54, 1.807) is 99.7 Å². The fourth-order valence-corrected chi connectivity index (χ4v) is 8.51. The van der Waals surface area contributed by atoms with Gasteiger partial charge in [0, 0.05) is 31.1 Å².